The summed E-state index contributed by atoms with van der Waals surface area (Å²) in [5.74, 6) is -1.89. The zero-order chi connectivity index (χ0) is 26.4. The van der Waals surface area contributed by atoms with Gasteiger partial charge < -0.3 is 14.9 Å². The quantitative estimate of drug-likeness (QED) is 0.419. The van der Waals surface area contributed by atoms with Crippen LogP contribution in [0.15, 0.2) is 67.0 Å². The molecule has 38 heavy (non-hydrogen) atoms. The van der Waals surface area contributed by atoms with Crippen LogP contribution in [0.1, 0.15) is 36.6 Å². The maximum absolute atomic E-state index is 13.9. The van der Waals surface area contributed by atoms with Crippen molar-refractivity contribution >= 4 is 34.4 Å². The van der Waals surface area contributed by atoms with E-state index in [4.69, 9.17) is 0 Å². The summed E-state index contributed by atoms with van der Waals surface area (Å²) < 4.78 is 13.4. The van der Waals surface area contributed by atoms with E-state index in [2.05, 4.69) is 14.9 Å². The number of piperazine rings is 1. The number of nitrogens with zero attached hydrogens (tertiary/aromatic N) is 5. The molecule has 3 amide bonds. The zero-order valence-electron chi connectivity index (χ0n) is 20.2. The second kappa shape index (κ2) is 9.22. The van der Waals surface area contributed by atoms with Crippen LogP contribution in [0.4, 0.5) is 10.2 Å². The monoisotopic (exact) mass is 511 g/mol. The molecular formula is C28H22FN5O4. The van der Waals surface area contributed by atoms with E-state index < -0.39 is 29.3 Å². The van der Waals surface area contributed by atoms with Crippen molar-refractivity contribution in [2.45, 2.75) is 6.54 Å². The summed E-state index contributed by atoms with van der Waals surface area (Å²) in [7, 11) is 0. The Morgan fingerprint density at radius 2 is 1.58 bits per heavy atom. The summed E-state index contributed by atoms with van der Waals surface area (Å²) in [6, 6.07) is 14.3. The van der Waals surface area contributed by atoms with E-state index in [0.717, 1.165) is 10.7 Å². The average molecular weight is 512 g/mol. The predicted molar refractivity (Wildman–Crippen MR) is 136 cm³/mol. The number of anilines is 1. The Balaban J connectivity index is 1.38. The van der Waals surface area contributed by atoms with E-state index in [-0.39, 0.29) is 28.8 Å². The lowest BCUT2D eigenvalue weighted by atomic mass is 9.95. The second-order valence-electron chi connectivity index (χ2n) is 9.16. The summed E-state index contributed by atoms with van der Waals surface area (Å²) in [5, 5.41) is 11.3. The van der Waals surface area contributed by atoms with Crippen molar-refractivity contribution in [3.8, 4) is 5.75 Å². The Morgan fingerprint density at radius 3 is 2.29 bits per heavy atom. The van der Waals surface area contributed by atoms with Crippen molar-refractivity contribution < 1.29 is 23.9 Å². The van der Waals surface area contributed by atoms with Crippen molar-refractivity contribution in [3.05, 3.63) is 95.1 Å². The Kier molecular flexibility index (Phi) is 5.71. The molecule has 1 saturated heterocycles. The van der Waals surface area contributed by atoms with E-state index >= 15 is 0 Å². The summed E-state index contributed by atoms with van der Waals surface area (Å²) in [5.41, 5.74) is 0.284. The molecule has 2 aliphatic heterocycles. The van der Waals surface area contributed by atoms with Crippen LogP contribution in [0.5, 0.6) is 5.75 Å². The number of imide groups is 1. The van der Waals surface area contributed by atoms with Gasteiger partial charge in [0.1, 0.15) is 17.2 Å². The molecule has 9 nitrogen and oxygen atoms in total. The number of hydrogen-bond donors (Lipinski definition) is 1. The minimum atomic E-state index is -0.728. The maximum Gasteiger partial charge on any atom is 0.265 e. The number of aromatic nitrogens is 2. The highest BCUT2D eigenvalue weighted by molar-refractivity contribution is 6.30. The zero-order valence-corrected chi connectivity index (χ0v) is 20.2. The van der Waals surface area contributed by atoms with Crippen LogP contribution in [-0.2, 0) is 6.54 Å². The Hall–Kier alpha value is -4.86. The lowest BCUT2D eigenvalue weighted by molar-refractivity contribution is 0.0634. The van der Waals surface area contributed by atoms with Crippen molar-refractivity contribution in [2.24, 2.45) is 0 Å². The molecule has 2 aromatic carbocycles. The lowest BCUT2D eigenvalue weighted by Gasteiger charge is -2.35. The van der Waals surface area contributed by atoms with Gasteiger partial charge in [-0.3, -0.25) is 24.3 Å². The molecule has 0 radical (unpaired) electrons. The Labute approximate surface area is 216 Å². The molecule has 0 bridgehead atoms. The summed E-state index contributed by atoms with van der Waals surface area (Å²) >= 11 is 0. The minimum Gasteiger partial charge on any atom is -0.505 e. The normalized spacial score (nSPS) is 15.3. The molecule has 2 aromatic heterocycles. The number of rotatable bonds is 4. The molecular weight excluding hydrogens is 489 g/mol. The fourth-order valence-corrected chi connectivity index (χ4v) is 5.05. The number of pyridine rings is 2. The summed E-state index contributed by atoms with van der Waals surface area (Å²) in [6.07, 6.45) is 3.16. The Morgan fingerprint density at radius 1 is 0.868 bits per heavy atom. The van der Waals surface area contributed by atoms with Gasteiger partial charge in [-0.15, -0.1) is 0 Å². The molecule has 0 spiro atoms. The fraction of sp³-hybridized carbons (Fsp3) is 0.179. The first-order valence-electron chi connectivity index (χ1n) is 12.1. The Bertz CT molecular complexity index is 1580. The molecule has 1 fully saturated rings. The molecule has 1 N–H and O–H groups in total. The van der Waals surface area contributed by atoms with Gasteiger partial charge in [-0.25, -0.2) is 9.37 Å². The van der Waals surface area contributed by atoms with Gasteiger partial charge in [0.05, 0.1) is 23.2 Å². The topological polar surface area (TPSA) is 107 Å². The van der Waals surface area contributed by atoms with Gasteiger partial charge in [-0.05, 0) is 35.9 Å². The van der Waals surface area contributed by atoms with Crippen LogP contribution >= 0.6 is 0 Å². The van der Waals surface area contributed by atoms with Gasteiger partial charge in [0.15, 0.2) is 5.75 Å². The van der Waals surface area contributed by atoms with Crippen LogP contribution in [0.2, 0.25) is 0 Å². The molecule has 4 heterocycles. The number of amides is 3. The van der Waals surface area contributed by atoms with Crippen LogP contribution in [0.25, 0.3) is 10.9 Å². The number of carbonyl (C=O) groups is 3. The first kappa shape index (κ1) is 23.5. The molecule has 0 saturated carbocycles. The number of phenolic OH excluding ortho intramolecular Hbond substituents is 1. The van der Waals surface area contributed by atoms with Gasteiger partial charge in [0, 0.05) is 44.0 Å². The molecule has 4 aromatic rings. The van der Waals surface area contributed by atoms with E-state index in [9.17, 15) is 23.9 Å². The third kappa shape index (κ3) is 3.81. The van der Waals surface area contributed by atoms with Crippen molar-refractivity contribution in [2.75, 3.05) is 31.1 Å². The average Bonchev–Trinajstić information content (AvgIpc) is 3.20. The first-order valence-corrected chi connectivity index (χ1v) is 12.1. The molecule has 10 heteroatoms. The lowest BCUT2D eigenvalue weighted by Crippen LogP contribution is -2.49. The maximum atomic E-state index is 13.9. The number of aromatic hydroxyl groups is 1. The highest BCUT2D eigenvalue weighted by Gasteiger charge is 2.43. The summed E-state index contributed by atoms with van der Waals surface area (Å²) in [4.78, 5) is 54.2. The number of carbonyl (C=O) groups excluding carboxylic acids is 3. The SMILES string of the molecule is O=C(c1c2c(c(O)c3ncccc13)C(=O)N(Cc1ccc(F)cc1)C2=O)N1CCN(c2ccccn2)CC1. The van der Waals surface area contributed by atoms with Gasteiger partial charge in [-0.1, -0.05) is 24.3 Å². The van der Waals surface area contributed by atoms with Crippen LogP contribution in [0, 0.1) is 5.82 Å². The van der Waals surface area contributed by atoms with Crippen molar-refractivity contribution in [1.82, 2.24) is 19.8 Å². The fourth-order valence-electron chi connectivity index (χ4n) is 5.05. The van der Waals surface area contributed by atoms with E-state index in [1.54, 1.807) is 23.2 Å². The number of hydrogen-bond acceptors (Lipinski definition) is 7. The standard InChI is InChI=1S/C28H22FN5O4/c29-18-8-6-17(7-9-18)16-34-27(37)22-21(19-4-3-11-31-24(19)25(35)23(22)28(34)38)26(36)33-14-12-32(13-15-33)20-5-1-2-10-30-20/h1-11,35H,12-16H2. The third-order valence-corrected chi connectivity index (χ3v) is 6.96. The number of benzene rings is 2. The van der Waals surface area contributed by atoms with Crippen molar-refractivity contribution in [3.63, 3.8) is 0 Å². The van der Waals surface area contributed by atoms with Crippen molar-refractivity contribution in [1.29, 1.82) is 0 Å². The second-order valence-corrected chi connectivity index (χ2v) is 9.16. The molecule has 190 valence electrons. The highest BCUT2D eigenvalue weighted by atomic mass is 19.1. The van der Waals surface area contributed by atoms with Crippen LogP contribution in [-0.4, -0.2) is 68.8 Å². The minimum absolute atomic E-state index is 0.0483. The van der Waals surface area contributed by atoms with Crippen LogP contribution < -0.4 is 4.90 Å². The molecule has 6 rings (SSSR count). The number of fused-ring (bicyclic) bond motifs is 2. The van der Waals surface area contributed by atoms with Gasteiger partial charge in [-0.2, -0.15) is 0 Å². The van der Waals surface area contributed by atoms with E-state index in [1.807, 2.05) is 18.2 Å². The van der Waals surface area contributed by atoms with E-state index in [1.165, 1.54) is 30.5 Å². The largest absolute Gasteiger partial charge is 0.505 e. The molecule has 0 atom stereocenters. The highest BCUT2D eigenvalue weighted by Crippen LogP contribution is 2.40. The summed E-state index contributed by atoms with van der Waals surface area (Å²) in [6.45, 7) is 1.72. The third-order valence-electron chi connectivity index (χ3n) is 6.96. The first-order chi connectivity index (χ1) is 18.4. The molecule has 0 unspecified atom stereocenters. The smallest absolute Gasteiger partial charge is 0.265 e. The number of phenols is 1. The predicted octanol–water partition coefficient (Wildman–Crippen LogP) is 3.23. The molecule has 0 aliphatic carbocycles. The number of halogens is 1. The van der Waals surface area contributed by atoms with E-state index in [0.29, 0.717) is 37.1 Å². The van der Waals surface area contributed by atoms with Gasteiger partial charge in [0.25, 0.3) is 17.7 Å². The molecule has 2 aliphatic rings. The van der Waals surface area contributed by atoms with Gasteiger partial charge >= 0.3 is 0 Å². The van der Waals surface area contributed by atoms with Gasteiger partial charge in [0.2, 0.25) is 0 Å². The van der Waals surface area contributed by atoms with Crippen LogP contribution in [0.3, 0.4) is 0 Å².